The molecule has 0 amide bonds. The van der Waals surface area contributed by atoms with Crippen LogP contribution in [-0.4, -0.2) is 29.1 Å². The third-order valence-corrected chi connectivity index (χ3v) is 7.33. The monoisotopic (exact) mass is 523 g/mol. The minimum Gasteiger partial charge on any atom is -0.508 e. The molecule has 4 rings (SSSR count). The number of benzene rings is 2. The van der Waals surface area contributed by atoms with Gasteiger partial charge in [-0.1, -0.05) is 43.2 Å². The average Bonchev–Trinajstić information content (AvgIpc) is 2.78. The third-order valence-electron chi connectivity index (χ3n) is 7.00. The van der Waals surface area contributed by atoms with Gasteiger partial charge in [-0.25, -0.2) is 22.0 Å². The molecule has 2 bridgehead atoms. The molecule has 2 aromatic rings. The van der Waals surface area contributed by atoms with E-state index >= 15 is 0 Å². The van der Waals surface area contributed by atoms with Crippen molar-refractivity contribution in [1.29, 1.82) is 0 Å². The highest BCUT2D eigenvalue weighted by Crippen LogP contribution is 2.49. The molecule has 2 nitrogen and oxygen atoms in total. The second-order valence-electron chi connectivity index (χ2n) is 9.23. The third kappa shape index (κ3) is 5.21. The van der Waals surface area contributed by atoms with Gasteiger partial charge in [-0.15, -0.1) is 12.4 Å². The molecule has 0 aromatic heterocycles. The fraction of sp³-hybridized carbons (Fsp3) is 0.440. The van der Waals surface area contributed by atoms with Crippen LogP contribution in [0.3, 0.4) is 0 Å². The summed E-state index contributed by atoms with van der Waals surface area (Å²) < 4.78 is 61.1. The van der Waals surface area contributed by atoms with Gasteiger partial charge in [0.1, 0.15) is 10.8 Å². The molecule has 2 aromatic carbocycles. The van der Waals surface area contributed by atoms with Crippen LogP contribution in [0.4, 0.5) is 22.0 Å². The molecule has 3 atom stereocenters. The lowest BCUT2D eigenvalue weighted by atomic mass is 9.59. The van der Waals surface area contributed by atoms with E-state index < -0.39 is 34.1 Å². The molecular formula is C25H28Cl2F5NO. The number of allylic oxidation sites excluding steroid dienone is 1. The van der Waals surface area contributed by atoms with Crippen LogP contribution < -0.4 is 0 Å². The Kier molecular flexibility index (Phi) is 9.05. The van der Waals surface area contributed by atoms with Gasteiger partial charge >= 0.3 is 0 Å². The first-order valence-electron chi connectivity index (χ1n) is 10.7. The Morgan fingerprint density at radius 2 is 1.65 bits per heavy atom. The summed E-state index contributed by atoms with van der Waals surface area (Å²) in [5.41, 5.74) is 4.42. The predicted octanol–water partition coefficient (Wildman–Crippen LogP) is 7.34. The van der Waals surface area contributed by atoms with E-state index in [9.17, 15) is 27.1 Å². The van der Waals surface area contributed by atoms with E-state index in [-0.39, 0.29) is 17.8 Å². The van der Waals surface area contributed by atoms with E-state index in [4.69, 9.17) is 11.6 Å². The second-order valence-corrected chi connectivity index (χ2v) is 9.61. The normalized spacial score (nSPS) is 23.2. The zero-order chi connectivity index (χ0) is 24.7. The van der Waals surface area contributed by atoms with E-state index in [2.05, 4.69) is 44.7 Å². The molecule has 0 radical (unpaired) electrons. The molecule has 1 aliphatic heterocycles. The molecule has 1 saturated heterocycles. The standard InChI is InChI=1S/C19H27NO.C6ClF5.ClH/c1-13(2)7-9-20-10-8-19(4)14(3)18(20)11-15-5-6-16(21)12-17(15)19;7-1-2(8)4(10)6(12)5(11)3(1)9;/h5-7,12,14,18,21H,8-11H2,1-4H3;;1H/t14-,18+,19+;;/m0../s1. The molecule has 0 spiro atoms. The van der Waals surface area contributed by atoms with E-state index in [1.807, 2.05) is 12.1 Å². The minimum absolute atomic E-state index is 0. The molecular weight excluding hydrogens is 496 g/mol. The van der Waals surface area contributed by atoms with Crippen molar-refractivity contribution in [3.8, 4) is 5.75 Å². The van der Waals surface area contributed by atoms with Crippen molar-refractivity contribution < 1.29 is 27.1 Å². The quantitative estimate of drug-likeness (QED) is 0.192. The van der Waals surface area contributed by atoms with Gasteiger partial charge in [-0.2, -0.15) is 0 Å². The van der Waals surface area contributed by atoms with Crippen LogP contribution in [0.25, 0.3) is 0 Å². The number of hydrogen-bond acceptors (Lipinski definition) is 2. The number of nitrogens with zero attached hydrogens (tertiary/aromatic N) is 1. The van der Waals surface area contributed by atoms with Gasteiger partial charge < -0.3 is 5.11 Å². The number of phenols is 1. The summed E-state index contributed by atoms with van der Waals surface area (Å²) in [4.78, 5) is 2.65. The van der Waals surface area contributed by atoms with Gasteiger partial charge in [0.15, 0.2) is 23.3 Å². The number of likely N-dealkylation sites (tertiary alicyclic amines) is 1. The molecule has 1 N–H and O–H groups in total. The maximum atomic E-state index is 12.3. The van der Waals surface area contributed by atoms with Crippen molar-refractivity contribution in [2.75, 3.05) is 13.1 Å². The van der Waals surface area contributed by atoms with Crippen LogP contribution in [0, 0.1) is 35.0 Å². The Balaban J connectivity index is 0.000000270. The number of hydrogen-bond donors (Lipinski definition) is 1. The summed E-state index contributed by atoms with van der Waals surface area (Å²) in [6.07, 6.45) is 4.64. The Morgan fingerprint density at radius 3 is 2.21 bits per heavy atom. The molecule has 9 heteroatoms. The van der Waals surface area contributed by atoms with Crippen LogP contribution >= 0.6 is 24.0 Å². The van der Waals surface area contributed by atoms with Crippen LogP contribution in [0.1, 0.15) is 45.2 Å². The summed E-state index contributed by atoms with van der Waals surface area (Å²) in [5.74, 6) is -9.30. The topological polar surface area (TPSA) is 23.5 Å². The summed E-state index contributed by atoms with van der Waals surface area (Å²) in [7, 11) is 0. The van der Waals surface area contributed by atoms with Gasteiger partial charge in [0, 0.05) is 12.6 Å². The van der Waals surface area contributed by atoms with Crippen molar-refractivity contribution in [1.82, 2.24) is 4.90 Å². The Labute approximate surface area is 207 Å². The molecule has 1 fully saturated rings. The first kappa shape index (κ1) is 28.4. The summed E-state index contributed by atoms with van der Waals surface area (Å²) >= 11 is 4.76. The number of piperidine rings is 1. The highest BCUT2D eigenvalue weighted by molar-refractivity contribution is 6.30. The first-order chi connectivity index (χ1) is 15.4. The molecule has 2 aliphatic rings. The first-order valence-corrected chi connectivity index (χ1v) is 11.1. The maximum Gasteiger partial charge on any atom is 0.200 e. The van der Waals surface area contributed by atoms with E-state index in [0.717, 1.165) is 19.5 Å². The maximum absolute atomic E-state index is 12.3. The Morgan fingerprint density at radius 1 is 1.09 bits per heavy atom. The van der Waals surface area contributed by atoms with Gasteiger partial charge in [0.25, 0.3) is 0 Å². The second kappa shape index (κ2) is 10.8. The lowest BCUT2D eigenvalue weighted by molar-refractivity contribution is 0.0397. The minimum atomic E-state index is -2.21. The molecule has 0 saturated carbocycles. The summed E-state index contributed by atoms with van der Waals surface area (Å²) in [6, 6.07) is 6.60. The van der Waals surface area contributed by atoms with Gasteiger partial charge in [0.2, 0.25) is 5.82 Å². The summed E-state index contributed by atoms with van der Waals surface area (Å²) in [6.45, 7) is 11.4. The van der Waals surface area contributed by atoms with Gasteiger partial charge in [-0.3, -0.25) is 4.90 Å². The fourth-order valence-electron chi connectivity index (χ4n) is 4.80. The molecule has 188 valence electrons. The Bertz CT molecular complexity index is 984. The number of aromatic hydroxyl groups is 1. The van der Waals surface area contributed by atoms with Crippen LogP contribution in [-0.2, 0) is 11.8 Å². The predicted molar refractivity (Wildman–Crippen MR) is 126 cm³/mol. The SMILES string of the molecule is CC(C)=CCN1CC[C@@]2(C)c3cc(O)ccc3C[C@@H]1[C@@H]2C.Cl.Fc1c(F)c(F)c(Cl)c(F)c1F. The average molecular weight is 524 g/mol. The van der Waals surface area contributed by atoms with Crippen LogP contribution in [0.5, 0.6) is 5.75 Å². The zero-order valence-corrected chi connectivity index (χ0v) is 20.9. The van der Waals surface area contributed by atoms with E-state index in [1.54, 1.807) is 0 Å². The van der Waals surface area contributed by atoms with E-state index in [0.29, 0.717) is 17.7 Å². The number of phenolic OH excluding ortho intramolecular Hbond substituents is 1. The van der Waals surface area contributed by atoms with Crippen molar-refractivity contribution in [2.45, 2.75) is 52.0 Å². The largest absolute Gasteiger partial charge is 0.508 e. The number of halogens is 7. The van der Waals surface area contributed by atoms with Crippen molar-refractivity contribution in [3.05, 3.63) is 75.1 Å². The molecule has 34 heavy (non-hydrogen) atoms. The fourth-order valence-corrected chi connectivity index (χ4v) is 4.97. The van der Waals surface area contributed by atoms with Gasteiger partial charge in [-0.05, 0) is 67.8 Å². The molecule has 0 unspecified atom stereocenters. The summed E-state index contributed by atoms with van der Waals surface area (Å²) in [5, 5.41) is 8.47. The Hall–Kier alpha value is -1.83. The highest BCUT2D eigenvalue weighted by Gasteiger charge is 2.48. The molecule has 1 aliphatic carbocycles. The van der Waals surface area contributed by atoms with Crippen molar-refractivity contribution in [3.63, 3.8) is 0 Å². The van der Waals surface area contributed by atoms with Crippen LogP contribution in [0.2, 0.25) is 5.02 Å². The molecule has 1 heterocycles. The van der Waals surface area contributed by atoms with Crippen molar-refractivity contribution in [2.24, 2.45) is 5.92 Å². The van der Waals surface area contributed by atoms with Gasteiger partial charge in [0.05, 0.1) is 0 Å². The lowest BCUT2D eigenvalue weighted by Gasteiger charge is -2.54. The zero-order valence-electron chi connectivity index (χ0n) is 19.4. The smallest absolute Gasteiger partial charge is 0.200 e. The highest BCUT2D eigenvalue weighted by atomic mass is 35.5. The van der Waals surface area contributed by atoms with E-state index in [1.165, 1.54) is 23.1 Å². The number of fused-ring (bicyclic) bond motifs is 4. The van der Waals surface area contributed by atoms with Crippen molar-refractivity contribution >= 4 is 24.0 Å². The number of rotatable bonds is 2. The van der Waals surface area contributed by atoms with Crippen LogP contribution in [0.15, 0.2) is 29.8 Å². The lowest BCUT2D eigenvalue weighted by Crippen LogP contribution is -2.57.